The van der Waals surface area contributed by atoms with Crippen LogP contribution in [-0.4, -0.2) is 45.9 Å². The second-order valence-corrected chi connectivity index (χ2v) is 10.7. The molecule has 33 heavy (non-hydrogen) atoms. The van der Waals surface area contributed by atoms with Crippen LogP contribution in [0.25, 0.3) is 0 Å². The largest absolute Gasteiger partial charge is 0.497 e. The maximum absolute atomic E-state index is 13.3. The lowest BCUT2D eigenvalue weighted by Crippen LogP contribution is -2.33. The Kier molecular flexibility index (Phi) is 7.24. The summed E-state index contributed by atoms with van der Waals surface area (Å²) < 4.78 is 38.7. The Hall–Kier alpha value is -2.58. The van der Waals surface area contributed by atoms with Crippen LogP contribution in [0.1, 0.15) is 60.5 Å². The van der Waals surface area contributed by atoms with Crippen LogP contribution in [0.4, 0.5) is 0 Å². The molecule has 0 bridgehead atoms. The van der Waals surface area contributed by atoms with E-state index in [9.17, 15) is 13.2 Å². The molecular formula is C25H32N2O5S. The monoisotopic (exact) mass is 472 g/mol. The molecule has 1 N–H and O–H groups in total. The van der Waals surface area contributed by atoms with Crippen molar-refractivity contribution in [2.75, 3.05) is 27.3 Å². The number of nitrogens with zero attached hydrogens (tertiary/aromatic N) is 1. The lowest BCUT2D eigenvalue weighted by molar-refractivity contribution is 0.0928. The zero-order chi connectivity index (χ0) is 23.4. The lowest BCUT2D eigenvalue weighted by atomic mass is 10.0. The second-order valence-electron chi connectivity index (χ2n) is 8.74. The van der Waals surface area contributed by atoms with Crippen LogP contribution in [0.15, 0.2) is 47.4 Å². The van der Waals surface area contributed by atoms with Gasteiger partial charge in [-0.15, -0.1) is 0 Å². The van der Waals surface area contributed by atoms with E-state index >= 15 is 0 Å². The fraction of sp³-hybridized carbons (Fsp3) is 0.480. The standard InChI is InChI=1S/C25H32N2O5S/c1-31-20-11-9-19(10-12-20)24(18-7-8-18)26-25(28)22-17-21(13-14-23(22)32-2)33(29,30)27-15-5-3-4-6-16-27/h9-14,17-18,24H,3-8,15-16H2,1-2H3,(H,26,28). The van der Waals surface area contributed by atoms with Gasteiger partial charge in [-0.1, -0.05) is 25.0 Å². The Morgan fingerprint density at radius 3 is 2.21 bits per heavy atom. The molecule has 1 atom stereocenters. The summed E-state index contributed by atoms with van der Waals surface area (Å²) >= 11 is 0. The molecule has 8 heteroatoms. The molecule has 1 saturated heterocycles. The fourth-order valence-electron chi connectivity index (χ4n) is 4.39. The molecule has 1 heterocycles. The van der Waals surface area contributed by atoms with Gasteiger partial charge in [-0.2, -0.15) is 4.31 Å². The Balaban J connectivity index is 1.60. The number of sulfonamides is 1. The van der Waals surface area contributed by atoms with E-state index in [-0.39, 0.29) is 22.4 Å². The summed E-state index contributed by atoms with van der Waals surface area (Å²) in [4.78, 5) is 13.5. The van der Waals surface area contributed by atoms with Gasteiger partial charge in [0, 0.05) is 13.1 Å². The fourth-order valence-corrected chi connectivity index (χ4v) is 5.93. The lowest BCUT2D eigenvalue weighted by Gasteiger charge is -2.22. The molecular weight excluding hydrogens is 440 g/mol. The molecule has 1 amide bonds. The summed E-state index contributed by atoms with van der Waals surface area (Å²) in [5.74, 6) is 1.13. The van der Waals surface area contributed by atoms with Gasteiger partial charge in [0.25, 0.3) is 5.91 Å². The highest BCUT2D eigenvalue weighted by atomic mass is 32.2. The quantitative estimate of drug-likeness (QED) is 0.624. The molecule has 0 spiro atoms. The number of carbonyl (C=O) groups is 1. The van der Waals surface area contributed by atoms with Gasteiger partial charge >= 0.3 is 0 Å². The van der Waals surface area contributed by atoms with Gasteiger partial charge in [-0.3, -0.25) is 4.79 Å². The number of rotatable bonds is 8. The molecule has 1 unspecified atom stereocenters. The van der Waals surface area contributed by atoms with E-state index in [0.29, 0.717) is 24.8 Å². The molecule has 4 rings (SSSR count). The molecule has 2 aromatic rings. The Labute approximate surface area is 196 Å². The summed E-state index contributed by atoms with van der Waals surface area (Å²) in [6.45, 7) is 1.02. The highest BCUT2D eigenvalue weighted by Gasteiger charge is 2.34. The predicted octanol–water partition coefficient (Wildman–Crippen LogP) is 4.15. The van der Waals surface area contributed by atoms with Crippen LogP contribution >= 0.6 is 0 Å². The van der Waals surface area contributed by atoms with Gasteiger partial charge in [-0.05, 0) is 67.5 Å². The number of nitrogens with one attached hydrogen (secondary N) is 1. The molecule has 2 aromatic carbocycles. The van der Waals surface area contributed by atoms with Gasteiger partial charge in [-0.25, -0.2) is 8.42 Å². The van der Waals surface area contributed by atoms with Gasteiger partial charge in [0.05, 0.1) is 30.7 Å². The number of methoxy groups -OCH3 is 2. The number of hydrogen-bond donors (Lipinski definition) is 1. The van der Waals surface area contributed by atoms with Crippen molar-refractivity contribution in [2.45, 2.75) is 49.5 Å². The minimum atomic E-state index is -3.67. The van der Waals surface area contributed by atoms with Crippen LogP contribution in [0, 0.1) is 5.92 Å². The molecule has 178 valence electrons. The first-order valence-electron chi connectivity index (χ1n) is 11.6. The first-order chi connectivity index (χ1) is 15.9. The number of benzene rings is 2. The van der Waals surface area contributed by atoms with E-state index in [1.165, 1.54) is 23.5 Å². The molecule has 7 nitrogen and oxygen atoms in total. The summed E-state index contributed by atoms with van der Waals surface area (Å²) in [7, 11) is -0.573. The summed E-state index contributed by atoms with van der Waals surface area (Å²) in [5, 5.41) is 3.12. The average molecular weight is 473 g/mol. The summed E-state index contributed by atoms with van der Waals surface area (Å²) in [6.07, 6.45) is 5.86. The van der Waals surface area contributed by atoms with Crippen molar-refractivity contribution < 1.29 is 22.7 Å². The number of amides is 1. The topological polar surface area (TPSA) is 84.9 Å². The third-order valence-corrected chi connectivity index (χ3v) is 8.37. The molecule has 0 radical (unpaired) electrons. The third-order valence-electron chi connectivity index (χ3n) is 6.47. The van der Waals surface area contributed by atoms with E-state index in [0.717, 1.165) is 49.8 Å². The van der Waals surface area contributed by atoms with Crippen molar-refractivity contribution in [3.63, 3.8) is 0 Å². The van der Waals surface area contributed by atoms with Crippen LogP contribution in [0.5, 0.6) is 11.5 Å². The van der Waals surface area contributed by atoms with E-state index in [4.69, 9.17) is 9.47 Å². The Bertz CT molecular complexity index is 1070. The molecule has 1 aliphatic carbocycles. The minimum Gasteiger partial charge on any atom is -0.497 e. The van der Waals surface area contributed by atoms with Crippen molar-refractivity contribution in [2.24, 2.45) is 5.92 Å². The molecule has 1 saturated carbocycles. The molecule has 1 aliphatic heterocycles. The number of carbonyl (C=O) groups excluding carboxylic acids is 1. The van der Waals surface area contributed by atoms with Crippen molar-refractivity contribution in [3.8, 4) is 11.5 Å². The van der Waals surface area contributed by atoms with E-state index in [2.05, 4.69) is 5.32 Å². The Morgan fingerprint density at radius 1 is 0.970 bits per heavy atom. The van der Waals surface area contributed by atoms with Gasteiger partial charge in [0.15, 0.2) is 0 Å². The second kappa shape index (κ2) is 10.1. The summed E-state index contributed by atoms with van der Waals surface area (Å²) in [5.41, 5.74) is 1.23. The molecule has 2 fully saturated rings. The number of ether oxygens (including phenoxy) is 2. The Morgan fingerprint density at radius 2 is 1.64 bits per heavy atom. The first-order valence-corrected chi connectivity index (χ1v) is 13.0. The van der Waals surface area contributed by atoms with E-state index in [1.54, 1.807) is 13.2 Å². The number of hydrogen-bond acceptors (Lipinski definition) is 5. The molecule has 2 aliphatic rings. The maximum Gasteiger partial charge on any atom is 0.255 e. The van der Waals surface area contributed by atoms with Crippen LogP contribution in [0.2, 0.25) is 0 Å². The van der Waals surface area contributed by atoms with Crippen LogP contribution in [0.3, 0.4) is 0 Å². The van der Waals surface area contributed by atoms with Gasteiger partial charge in [0.1, 0.15) is 11.5 Å². The smallest absolute Gasteiger partial charge is 0.255 e. The zero-order valence-corrected chi connectivity index (χ0v) is 20.1. The van der Waals surface area contributed by atoms with Crippen molar-refractivity contribution in [1.82, 2.24) is 9.62 Å². The predicted molar refractivity (Wildman–Crippen MR) is 126 cm³/mol. The minimum absolute atomic E-state index is 0.128. The van der Waals surface area contributed by atoms with Crippen LogP contribution < -0.4 is 14.8 Å². The normalized spacial score (nSPS) is 18.2. The first kappa shape index (κ1) is 23.6. The van der Waals surface area contributed by atoms with E-state index in [1.807, 2.05) is 24.3 Å². The van der Waals surface area contributed by atoms with Crippen molar-refractivity contribution >= 4 is 15.9 Å². The van der Waals surface area contributed by atoms with Gasteiger partial charge < -0.3 is 14.8 Å². The van der Waals surface area contributed by atoms with Gasteiger partial charge in [0.2, 0.25) is 10.0 Å². The maximum atomic E-state index is 13.3. The third kappa shape index (κ3) is 5.33. The molecule has 0 aromatic heterocycles. The SMILES string of the molecule is COc1ccc(C(NC(=O)c2cc(S(=O)(=O)N3CCCCCC3)ccc2OC)C2CC2)cc1. The summed E-state index contributed by atoms with van der Waals surface area (Å²) in [6, 6.07) is 12.1. The average Bonchev–Trinajstić information content (AvgIpc) is 3.69. The van der Waals surface area contributed by atoms with E-state index < -0.39 is 10.0 Å². The highest BCUT2D eigenvalue weighted by Crippen LogP contribution is 2.41. The van der Waals surface area contributed by atoms with Crippen LogP contribution in [-0.2, 0) is 10.0 Å². The zero-order valence-electron chi connectivity index (χ0n) is 19.2. The highest BCUT2D eigenvalue weighted by molar-refractivity contribution is 7.89. The van der Waals surface area contributed by atoms with Crippen molar-refractivity contribution in [1.29, 1.82) is 0 Å². The van der Waals surface area contributed by atoms with Crippen molar-refractivity contribution in [3.05, 3.63) is 53.6 Å².